The summed E-state index contributed by atoms with van der Waals surface area (Å²) in [5.74, 6) is -0.225. The number of alkyl halides is 3. The van der Waals surface area contributed by atoms with E-state index in [4.69, 9.17) is 0 Å². The second kappa shape index (κ2) is 11.6. The normalized spacial score (nSPS) is 14.1. The molecule has 0 spiro atoms. The molecule has 7 nitrogen and oxygen atoms in total. The lowest BCUT2D eigenvalue weighted by atomic mass is 10.1. The molecule has 1 fully saturated rings. The van der Waals surface area contributed by atoms with Crippen LogP contribution in [0.2, 0.25) is 0 Å². The number of urea groups is 1. The molecule has 3 aromatic rings. The van der Waals surface area contributed by atoms with Crippen molar-refractivity contribution in [3.63, 3.8) is 0 Å². The Hall–Kier alpha value is -3.60. The number of rotatable bonds is 6. The third kappa shape index (κ3) is 6.70. The zero-order chi connectivity index (χ0) is 28.3. The van der Waals surface area contributed by atoms with E-state index in [9.17, 15) is 22.8 Å². The molecule has 0 radical (unpaired) electrons. The molecule has 4 rings (SSSR count). The molecule has 208 valence electrons. The molecule has 39 heavy (non-hydrogen) atoms. The molecule has 0 aliphatic carbocycles. The van der Waals surface area contributed by atoms with Gasteiger partial charge < -0.3 is 20.0 Å². The fourth-order valence-corrected chi connectivity index (χ4v) is 5.28. The Balaban J connectivity index is 1.37. The smallest absolute Gasteiger partial charge is 0.368 e. The minimum atomic E-state index is -4.40. The third-order valence-electron chi connectivity index (χ3n) is 6.78. The summed E-state index contributed by atoms with van der Waals surface area (Å²) >= 11 is 1.32. The molecular formula is C28H32F3N5O2S. The van der Waals surface area contributed by atoms with Crippen LogP contribution in [0.25, 0.3) is 0 Å². The first-order chi connectivity index (χ1) is 18.4. The standard InChI is InChI=1S/C28H32F3N5O2S/c1-18(2)36(27(38)33-25-19(3)7-5-8-20(25)4)16-24-32-23(17-39-24)26(37)35-13-11-34(12-14-35)22-10-6-9-21(15-22)28(29,30)31/h5-10,15,17-18H,11-14,16H2,1-4H3,(H,33,38). The fraction of sp³-hybridized carbons (Fsp3) is 0.393. The maximum Gasteiger partial charge on any atom is 0.416 e. The van der Waals surface area contributed by atoms with Crippen molar-refractivity contribution in [2.24, 2.45) is 0 Å². The van der Waals surface area contributed by atoms with Crippen LogP contribution in [0.1, 0.15) is 46.0 Å². The van der Waals surface area contributed by atoms with Gasteiger partial charge in [0, 0.05) is 49.0 Å². The SMILES string of the molecule is Cc1cccc(C)c1NC(=O)N(Cc1nc(C(=O)N2CCN(c3cccc(C(F)(F)F)c3)CC2)cs1)C(C)C. The van der Waals surface area contributed by atoms with Crippen molar-refractivity contribution in [2.45, 2.75) is 46.5 Å². The van der Waals surface area contributed by atoms with Crippen molar-refractivity contribution in [2.75, 3.05) is 36.4 Å². The topological polar surface area (TPSA) is 68.8 Å². The summed E-state index contributed by atoms with van der Waals surface area (Å²) in [5, 5.41) is 5.35. The number of hydrogen-bond donors (Lipinski definition) is 1. The van der Waals surface area contributed by atoms with Crippen LogP contribution in [0.5, 0.6) is 0 Å². The Morgan fingerprint density at radius 1 is 1.05 bits per heavy atom. The predicted molar refractivity (Wildman–Crippen MR) is 147 cm³/mol. The fourth-order valence-electron chi connectivity index (χ4n) is 4.52. The van der Waals surface area contributed by atoms with Crippen molar-refractivity contribution in [3.05, 3.63) is 75.2 Å². The summed E-state index contributed by atoms with van der Waals surface area (Å²) < 4.78 is 39.3. The molecule has 1 aliphatic rings. The quantitative estimate of drug-likeness (QED) is 0.392. The van der Waals surface area contributed by atoms with Gasteiger partial charge in [0.15, 0.2) is 0 Å². The van der Waals surface area contributed by atoms with E-state index < -0.39 is 11.7 Å². The highest BCUT2D eigenvalue weighted by atomic mass is 32.1. The minimum Gasteiger partial charge on any atom is -0.368 e. The van der Waals surface area contributed by atoms with E-state index in [1.165, 1.54) is 17.4 Å². The monoisotopic (exact) mass is 559 g/mol. The van der Waals surface area contributed by atoms with Crippen LogP contribution in [0.4, 0.5) is 29.3 Å². The van der Waals surface area contributed by atoms with E-state index in [0.717, 1.165) is 28.9 Å². The molecule has 2 heterocycles. The molecule has 2 aromatic carbocycles. The van der Waals surface area contributed by atoms with E-state index in [1.54, 1.807) is 21.2 Å². The number of carbonyl (C=O) groups excluding carboxylic acids is 2. The van der Waals surface area contributed by atoms with Crippen LogP contribution in [0.3, 0.4) is 0 Å². The lowest BCUT2D eigenvalue weighted by Crippen LogP contribution is -2.49. The molecular weight excluding hydrogens is 527 g/mol. The highest BCUT2D eigenvalue weighted by Gasteiger charge is 2.31. The van der Waals surface area contributed by atoms with Crippen LogP contribution in [-0.2, 0) is 12.7 Å². The van der Waals surface area contributed by atoms with Crippen molar-refractivity contribution in [1.29, 1.82) is 0 Å². The van der Waals surface area contributed by atoms with Gasteiger partial charge in [-0.25, -0.2) is 9.78 Å². The number of nitrogens with zero attached hydrogens (tertiary/aromatic N) is 4. The van der Waals surface area contributed by atoms with Gasteiger partial charge >= 0.3 is 12.2 Å². The molecule has 3 amide bonds. The highest BCUT2D eigenvalue weighted by Crippen LogP contribution is 2.32. The van der Waals surface area contributed by atoms with Crippen LogP contribution in [-0.4, -0.2) is 58.9 Å². The Bertz CT molecular complexity index is 1310. The van der Waals surface area contributed by atoms with Crippen molar-refractivity contribution >= 4 is 34.6 Å². The Morgan fingerprint density at radius 2 is 1.69 bits per heavy atom. The maximum atomic E-state index is 13.1. The lowest BCUT2D eigenvalue weighted by Gasteiger charge is -2.36. The Labute approximate surface area is 230 Å². The van der Waals surface area contributed by atoms with Crippen molar-refractivity contribution in [1.82, 2.24) is 14.8 Å². The summed E-state index contributed by atoms with van der Waals surface area (Å²) in [4.78, 5) is 35.9. The van der Waals surface area contributed by atoms with Crippen LogP contribution < -0.4 is 10.2 Å². The predicted octanol–water partition coefficient (Wildman–Crippen LogP) is 6.18. The molecule has 11 heteroatoms. The maximum absolute atomic E-state index is 13.1. The van der Waals surface area contributed by atoms with E-state index in [1.807, 2.05) is 50.8 Å². The first-order valence-corrected chi connectivity index (χ1v) is 13.6. The molecule has 0 atom stereocenters. The van der Waals surface area contributed by atoms with Gasteiger partial charge in [-0.2, -0.15) is 13.2 Å². The van der Waals surface area contributed by atoms with Gasteiger partial charge in [-0.3, -0.25) is 4.79 Å². The van der Waals surface area contributed by atoms with E-state index in [2.05, 4.69) is 10.3 Å². The molecule has 0 saturated carbocycles. The van der Waals surface area contributed by atoms with E-state index in [0.29, 0.717) is 42.6 Å². The van der Waals surface area contributed by atoms with Gasteiger partial charge in [0.2, 0.25) is 0 Å². The second-order valence-corrected chi connectivity index (χ2v) is 10.8. The van der Waals surface area contributed by atoms with E-state index in [-0.39, 0.29) is 24.5 Å². The third-order valence-corrected chi connectivity index (χ3v) is 7.61. The highest BCUT2D eigenvalue weighted by molar-refractivity contribution is 7.09. The first kappa shape index (κ1) is 28.4. The number of nitrogens with one attached hydrogen (secondary N) is 1. The largest absolute Gasteiger partial charge is 0.416 e. The minimum absolute atomic E-state index is 0.0960. The number of piperazine rings is 1. The zero-order valence-electron chi connectivity index (χ0n) is 22.4. The number of hydrogen-bond acceptors (Lipinski definition) is 5. The van der Waals surface area contributed by atoms with Crippen LogP contribution in [0, 0.1) is 13.8 Å². The van der Waals surface area contributed by atoms with E-state index >= 15 is 0 Å². The number of halogens is 3. The molecule has 1 aromatic heterocycles. The summed E-state index contributed by atoms with van der Waals surface area (Å²) in [6.07, 6.45) is -4.40. The average molecular weight is 560 g/mol. The number of benzene rings is 2. The van der Waals surface area contributed by atoms with Crippen molar-refractivity contribution < 1.29 is 22.8 Å². The zero-order valence-corrected chi connectivity index (χ0v) is 23.2. The number of aryl methyl sites for hydroxylation is 2. The number of carbonyl (C=O) groups is 2. The number of thiazole rings is 1. The molecule has 0 unspecified atom stereocenters. The summed E-state index contributed by atoms with van der Waals surface area (Å²) in [6, 6.07) is 10.7. The van der Waals surface area contributed by atoms with Crippen LogP contribution >= 0.6 is 11.3 Å². The lowest BCUT2D eigenvalue weighted by molar-refractivity contribution is -0.137. The number of amides is 3. The summed E-state index contributed by atoms with van der Waals surface area (Å²) in [7, 11) is 0. The average Bonchev–Trinajstić information content (AvgIpc) is 3.37. The number of para-hydroxylation sites is 1. The van der Waals surface area contributed by atoms with Crippen molar-refractivity contribution in [3.8, 4) is 0 Å². The number of anilines is 2. The van der Waals surface area contributed by atoms with Gasteiger partial charge in [0.05, 0.1) is 12.1 Å². The van der Waals surface area contributed by atoms with Gasteiger partial charge in [-0.15, -0.1) is 11.3 Å². The summed E-state index contributed by atoms with van der Waals surface area (Å²) in [6.45, 7) is 9.59. The molecule has 1 N–H and O–H groups in total. The summed E-state index contributed by atoms with van der Waals surface area (Å²) in [5.41, 5.74) is 2.84. The Kier molecular flexibility index (Phi) is 8.48. The first-order valence-electron chi connectivity index (χ1n) is 12.7. The van der Waals surface area contributed by atoms with Gasteiger partial charge in [-0.1, -0.05) is 24.3 Å². The van der Waals surface area contributed by atoms with Gasteiger partial charge in [0.1, 0.15) is 10.7 Å². The van der Waals surface area contributed by atoms with Crippen LogP contribution in [0.15, 0.2) is 47.8 Å². The number of aromatic nitrogens is 1. The molecule has 1 saturated heterocycles. The molecule has 1 aliphatic heterocycles. The molecule has 0 bridgehead atoms. The Morgan fingerprint density at radius 3 is 2.31 bits per heavy atom. The van der Waals surface area contributed by atoms with Gasteiger partial charge in [-0.05, 0) is 57.0 Å². The second-order valence-electron chi connectivity index (χ2n) is 9.87. The van der Waals surface area contributed by atoms with Gasteiger partial charge in [0.25, 0.3) is 5.91 Å².